The fourth-order valence-electron chi connectivity index (χ4n) is 6.27. The van der Waals surface area contributed by atoms with Crippen molar-refractivity contribution in [3.8, 4) is 0 Å². The highest BCUT2D eigenvalue weighted by atomic mass is 35.5. The third-order valence-electron chi connectivity index (χ3n) is 8.01. The zero-order valence-corrected chi connectivity index (χ0v) is 21.4. The molecule has 2 aromatic rings. The zero-order valence-electron chi connectivity index (χ0n) is 19.8. The molecule has 0 aromatic heterocycles. The zero-order chi connectivity index (χ0) is 20.9. The number of rotatable bonds is 6. The lowest BCUT2D eigenvalue weighted by atomic mass is 9.69. The standard InChI is InChI=1S/C28H38N2O.2ClH/c1-3-11-25(12-4-1)28(23-31-22-24-10-5-6-13-27(24)28)16-9-17-29-20-14-26(15-21-29)30-18-7-2-8-19-30;;/h1,3-6,10-13,26H,2,7-9,14-23H2;2*1H. The Bertz CT molecular complexity index is 835. The average molecular weight is 492 g/mol. The number of nitrogens with zero attached hydrogens (tertiary/aromatic N) is 2. The van der Waals surface area contributed by atoms with Gasteiger partial charge in [-0.15, -0.1) is 24.8 Å². The Morgan fingerprint density at radius 1 is 0.818 bits per heavy atom. The monoisotopic (exact) mass is 490 g/mol. The molecule has 0 aliphatic carbocycles. The summed E-state index contributed by atoms with van der Waals surface area (Å²) < 4.78 is 6.17. The smallest absolute Gasteiger partial charge is 0.0720 e. The van der Waals surface area contributed by atoms with Crippen LogP contribution in [0.4, 0.5) is 0 Å². The second-order valence-electron chi connectivity index (χ2n) is 9.87. The van der Waals surface area contributed by atoms with Crippen LogP contribution in [0.25, 0.3) is 0 Å². The van der Waals surface area contributed by atoms with Crippen molar-refractivity contribution in [1.29, 1.82) is 0 Å². The molecule has 2 fully saturated rings. The molecule has 1 atom stereocenters. The number of fused-ring (bicyclic) bond motifs is 1. The topological polar surface area (TPSA) is 15.7 Å². The van der Waals surface area contributed by atoms with E-state index in [-0.39, 0.29) is 30.2 Å². The molecule has 0 amide bonds. The van der Waals surface area contributed by atoms with E-state index in [2.05, 4.69) is 64.4 Å². The first-order valence-electron chi connectivity index (χ1n) is 12.5. The predicted molar refractivity (Wildman–Crippen MR) is 142 cm³/mol. The maximum absolute atomic E-state index is 6.17. The molecule has 2 saturated heterocycles. The van der Waals surface area contributed by atoms with E-state index in [0.29, 0.717) is 0 Å². The van der Waals surface area contributed by atoms with Gasteiger partial charge >= 0.3 is 0 Å². The Morgan fingerprint density at radius 2 is 1.52 bits per heavy atom. The van der Waals surface area contributed by atoms with Gasteiger partial charge in [0, 0.05) is 11.5 Å². The summed E-state index contributed by atoms with van der Waals surface area (Å²) in [5, 5.41) is 0. The summed E-state index contributed by atoms with van der Waals surface area (Å²) in [5.74, 6) is 0. The van der Waals surface area contributed by atoms with Crippen molar-refractivity contribution in [2.75, 3.05) is 39.3 Å². The molecular formula is C28H40Cl2N2O. The molecule has 2 aromatic carbocycles. The summed E-state index contributed by atoms with van der Waals surface area (Å²) in [4.78, 5) is 5.50. The fourth-order valence-corrected chi connectivity index (χ4v) is 6.27. The fraction of sp³-hybridized carbons (Fsp3) is 0.571. The van der Waals surface area contributed by atoms with Gasteiger partial charge in [-0.25, -0.2) is 0 Å². The van der Waals surface area contributed by atoms with Crippen LogP contribution in [0.5, 0.6) is 0 Å². The van der Waals surface area contributed by atoms with Crippen LogP contribution in [0.15, 0.2) is 54.6 Å². The van der Waals surface area contributed by atoms with E-state index in [0.717, 1.165) is 25.7 Å². The summed E-state index contributed by atoms with van der Waals surface area (Å²) in [6.45, 7) is 7.97. The summed E-state index contributed by atoms with van der Waals surface area (Å²) >= 11 is 0. The van der Waals surface area contributed by atoms with Gasteiger partial charge in [0.15, 0.2) is 0 Å². The van der Waals surface area contributed by atoms with Crippen LogP contribution in [0, 0.1) is 0 Å². The lowest BCUT2D eigenvalue weighted by molar-refractivity contribution is 0.0578. The summed E-state index contributed by atoms with van der Waals surface area (Å²) in [6.07, 6.45) is 9.34. The van der Waals surface area contributed by atoms with Crippen molar-refractivity contribution in [2.24, 2.45) is 0 Å². The van der Waals surface area contributed by atoms with Gasteiger partial charge in [-0.05, 0) is 87.9 Å². The Hall–Kier alpha value is -1.10. The second-order valence-corrected chi connectivity index (χ2v) is 9.87. The Balaban J connectivity index is 0.00000153. The number of hydrogen-bond acceptors (Lipinski definition) is 3. The van der Waals surface area contributed by atoms with E-state index >= 15 is 0 Å². The highest BCUT2D eigenvalue weighted by molar-refractivity contribution is 5.85. The lowest BCUT2D eigenvalue weighted by Gasteiger charge is -2.42. The lowest BCUT2D eigenvalue weighted by Crippen LogP contribution is -2.47. The summed E-state index contributed by atoms with van der Waals surface area (Å²) in [6, 6.07) is 20.9. The molecule has 3 aliphatic rings. The van der Waals surface area contributed by atoms with Crippen LogP contribution in [0.3, 0.4) is 0 Å². The quantitative estimate of drug-likeness (QED) is 0.487. The first-order valence-corrected chi connectivity index (χ1v) is 12.5. The largest absolute Gasteiger partial charge is 0.375 e. The molecule has 33 heavy (non-hydrogen) atoms. The van der Waals surface area contributed by atoms with Crippen molar-refractivity contribution < 1.29 is 4.74 Å². The van der Waals surface area contributed by atoms with Gasteiger partial charge in [-0.1, -0.05) is 61.0 Å². The van der Waals surface area contributed by atoms with Gasteiger partial charge in [-0.3, -0.25) is 0 Å². The van der Waals surface area contributed by atoms with Gasteiger partial charge in [-0.2, -0.15) is 0 Å². The molecule has 3 nitrogen and oxygen atoms in total. The average Bonchev–Trinajstić information content (AvgIpc) is 2.86. The maximum Gasteiger partial charge on any atom is 0.0720 e. The van der Waals surface area contributed by atoms with Crippen molar-refractivity contribution in [3.63, 3.8) is 0 Å². The maximum atomic E-state index is 6.17. The molecule has 0 spiro atoms. The highest BCUT2D eigenvalue weighted by Gasteiger charge is 2.38. The molecule has 3 aliphatic heterocycles. The number of piperidine rings is 2. The Labute approximate surface area is 212 Å². The van der Waals surface area contributed by atoms with Gasteiger partial charge in [0.05, 0.1) is 13.2 Å². The van der Waals surface area contributed by atoms with Gasteiger partial charge in [0.25, 0.3) is 0 Å². The first-order chi connectivity index (χ1) is 15.4. The molecule has 5 rings (SSSR count). The number of likely N-dealkylation sites (tertiary alicyclic amines) is 2. The molecule has 0 saturated carbocycles. The first kappa shape index (κ1) is 26.5. The molecule has 182 valence electrons. The van der Waals surface area contributed by atoms with E-state index in [1.165, 1.54) is 87.9 Å². The van der Waals surface area contributed by atoms with Gasteiger partial charge in [0.1, 0.15) is 0 Å². The number of halogens is 2. The van der Waals surface area contributed by atoms with Crippen LogP contribution in [0.2, 0.25) is 0 Å². The minimum Gasteiger partial charge on any atom is -0.375 e. The second kappa shape index (κ2) is 12.6. The van der Waals surface area contributed by atoms with Crippen LogP contribution in [0.1, 0.15) is 61.6 Å². The SMILES string of the molecule is Cl.Cl.c1ccc(C2(CCCN3CCC(N4CCCCC4)CC3)COCc3ccccc32)cc1. The molecule has 1 unspecified atom stereocenters. The third-order valence-corrected chi connectivity index (χ3v) is 8.01. The van der Waals surface area contributed by atoms with Crippen LogP contribution >= 0.6 is 24.8 Å². The Kier molecular flexibility index (Phi) is 10.1. The van der Waals surface area contributed by atoms with Gasteiger partial charge < -0.3 is 14.5 Å². The van der Waals surface area contributed by atoms with Crippen molar-refractivity contribution >= 4 is 24.8 Å². The van der Waals surface area contributed by atoms with E-state index < -0.39 is 0 Å². The van der Waals surface area contributed by atoms with E-state index in [9.17, 15) is 0 Å². The van der Waals surface area contributed by atoms with Crippen LogP contribution in [-0.4, -0.2) is 55.2 Å². The summed E-state index contributed by atoms with van der Waals surface area (Å²) in [7, 11) is 0. The predicted octanol–water partition coefficient (Wildman–Crippen LogP) is 6.08. The van der Waals surface area contributed by atoms with Crippen molar-refractivity contribution in [1.82, 2.24) is 9.80 Å². The summed E-state index contributed by atoms with van der Waals surface area (Å²) in [5.41, 5.74) is 4.24. The molecule has 3 heterocycles. The molecule has 0 N–H and O–H groups in total. The number of ether oxygens (including phenoxy) is 1. The van der Waals surface area contributed by atoms with Crippen LogP contribution < -0.4 is 0 Å². The van der Waals surface area contributed by atoms with Crippen LogP contribution in [-0.2, 0) is 16.8 Å². The van der Waals surface area contributed by atoms with E-state index in [1.54, 1.807) is 0 Å². The third kappa shape index (κ3) is 5.94. The minimum absolute atomic E-state index is 0. The molecular weight excluding hydrogens is 451 g/mol. The van der Waals surface area contributed by atoms with Crippen molar-refractivity contribution in [2.45, 2.75) is 63.0 Å². The molecule has 0 radical (unpaired) electrons. The highest BCUT2D eigenvalue weighted by Crippen LogP contribution is 2.42. The number of benzene rings is 2. The van der Waals surface area contributed by atoms with E-state index in [1.807, 2.05) is 0 Å². The van der Waals surface area contributed by atoms with Gasteiger partial charge in [0.2, 0.25) is 0 Å². The molecule has 5 heteroatoms. The Morgan fingerprint density at radius 3 is 2.27 bits per heavy atom. The minimum atomic E-state index is -0.0117. The van der Waals surface area contributed by atoms with Crippen molar-refractivity contribution in [3.05, 3.63) is 71.3 Å². The number of hydrogen-bond donors (Lipinski definition) is 0. The molecule has 0 bridgehead atoms. The van der Waals surface area contributed by atoms with E-state index in [4.69, 9.17) is 4.74 Å². The normalized spacial score (nSPS) is 24.4.